The van der Waals surface area contributed by atoms with E-state index in [4.69, 9.17) is 5.73 Å². The molecule has 0 spiro atoms. The fraction of sp³-hybridized carbons (Fsp3) is 0. The lowest BCUT2D eigenvalue weighted by atomic mass is 10.1. The largest absolute Gasteiger partial charge is 0.399 e. The fourth-order valence-electron chi connectivity index (χ4n) is 1.78. The number of aromatic nitrogens is 2. The summed E-state index contributed by atoms with van der Waals surface area (Å²) in [5.74, 6) is 0. The Hall–Kier alpha value is -2.29. The first-order chi connectivity index (χ1) is 7.83. The molecule has 3 N–H and O–H groups in total. The van der Waals surface area contributed by atoms with Crippen LogP contribution in [0.2, 0.25) is 0 Å². The number of rotatable bonds is 1. The van der Waals surface area contributed by atoms with Crippen molar-refractivity contribution in [3.8, 4) is 11.3 Å². The molecular formula is C13H11N3. The number of H-pyrrole nitrogens is 1. The van der Waals surface area contributed by atoms with Gasteiger partial charge < -0.3 is 10.7 Å². The van der Waals surface area contributed by atoms with E-state index in [0.717, 1.165) is 28.0 Å². The van der Waals surface area contributed by atoms with Gasteiger partial charge in [-0.05, 0) is 35.9 Å². The normalized spacial score (nSPS) is 10.8. The van der Waals surface area contributed by atoms with Crippen molar-refractivity contribution in [1.82, 2.24) is 9.97 Å². The summed E-state index contributed by atoms with van der Waals surface area (Å²) in [5.41, 5.74) is 9.53. The summed E-state index contributed by atoms with van der Waals surface area (Å²) in [4.78, 5) is 7.54. The number of aromatic amines is 1. The number of hydrogen-bond donors (Lipinski definition) is 2. The van der Waals surface area contributed by atoms with E-state index < -0.39 is 0 Å². The first kappa shape index (κ1) is 8.97. The van der Waals surface area contributed by atoms with Crippen molar-refractivity contribution >= 4 is 16.7 Å². The van der Waals surface area contributed by atoms with E-state index in [-0.39, 0.29) is 0 Å². The Morgan fingerprint density at radius 2 is 1.88 bits per heavy atom. The molecule has 0 aliphatic carbocycles. The molecule has 0 saturated carbocycles. The molecule has 0 bridgehead atoms. The molecule has 0 radical (unpaired) electrons. The number of anilines is 1. The van der Waals surface area contributed by atoms with Crippen LogP contribution >= 0.6 is 0 Å². The van der Waals surface area contributed by atoms with E-state index in [0.29, 0.717) is 0 Å². The van der Waals surface area contributed by atoms with E-state index in [1.165, 1.54) is 0 Å². The Morgan fingerprint density at radius 1 is 1.06 bits per heavy atom. The molecule has 0 aliphatic heterocycles. The minimum atomic E-state index is 0.776. The van der Waals surface area contributed by atoms with Crippen LogP contribution in [-0.2, 0) is 0 Å². The van der Waals surface area contributed by atoms with Gasteiger partial charge in [-0.2, -0.15) is 0 Å². The van der Waals surface area contributed by atoms with Crippen LogP contribution < -0.4 is 5.73 Å². The summed E-state index contributed by atoms with van der Waals surface area (Å²) in [7, 11) is 0. The minimum absolute atomic E-state index is 0.776. The van der Waals surface area contributed by atoms with Gasteiger partial charge in [-0.25, -0.2) is 4.98 Å². The van der Waals surface area contributed by atoms with Crippen molar-refractivity contribution in [3.63, 3.8) is 0 Å². The molecular weight excluding hydrogens is 198 g/mol. The molecule has 3 heteroatoms. The fourth-order valence-corrected chi connectivity index (χ4v) is 1.78. The molecule has 16 heavy (non-hydrogen) atoms. The monoisotopic (exact) mass is 209 g/mol. The van der Waals surface area contributed by atoms with Crippen LogP contribution in [0.15, 0.2) is 48.7 Å². The summed E-state index contributed by atoms with van der Waals surface area (Å²) in [5, 5.41) is 1.12. The van der Waals surface area contributed by atoms with Crippen molar-refractivity contribution in [1.29, 1.82) is 0 Å². The Labute approximate surface area is 92.9 Å². The lowest BCUT2D eigenvalue weighted by Crippen LogP contribution is -1.83. The zero-order valence-electron chi connectivity index (χ0n) is 8.64. The maximum absolute atomic E-state index is 5.66. The highest BCUT2D eigenvalue weighted by molar-refractivity contribution is 5.82. The number of nitrogens with one attached hydrogen (secondary N) is 1. The summed E-state index contributed by atoms with van der Waals surface area (Å²) in [6.45, 7) is 0. The third-order valence-corrected chi connectivity index (χ3v) is 2.61. The second-order valence-corrected chi connectivity index (χ2v) is 3.75. The molecule has 0 saturated heterocycles. The van der Waals surface area contributed by atoms with E-state index in [1.54, 1.807) is 6.20 Å². The SMILES string of the molecule is Nc1ccc(-c2cc3cccnc3[nH]2)cc1. The topological polar surface area (TPSA) is 54.7 Å². The Kier molecular flexibility index (Phi) is 1.90. The molecule has 0 unspecified atom stereocenters. The van der Waals surface area contributed by atoms with Gasteiger partial charge >= 0.3 is 0 Å². The molecule has 3 rings (SSSR count). The van der Waals surface area contributed by atoms with E-state index in [2.05, 4.69) is 16.0 Å². The van der Waals surface area contributed by atoms with Crippen molar-refractivity contribution in [2.45, 2.75) is 0 Å². The van der Waals surface area contributed by atoms with Crippen molar-refractivity contribution in [2.24, 2.45) is 0 Å². The average Bonchev–Trinajstić information content (AvgIpc) is 2.73. The van der Waals surface area contributed by atoms with Gasteiger partial charge in [-0.15, -0.1) is 0 Å². The van der Waals surface area contributed by atoms with Gasteiger partial charge in [0.25, 0.3) is 0 Å². The molecule has 2 heterocycles. The molecule has 2 aromatic heterocycles. The van der Waals surface area contributed by atoms with Crippen LogP contribution in [0.1, 0.15) is 0 Å². The van der Waals surface area contributed by atoms with Crippen molar-refractivity contribution in [2.75, 3.05) is 5.73 Å². The molecule has 78 valence electrons. The Morgan fingerprint density at radius 3 is 2.62 bits per heavy atom. The first-order valence-electron chi connectivity index (χ1n) is 5.12. The van der Waals surface area contributed by atoms with Crippen LogP contribution in [0, 0.1) is 0 Å². The van der Waals surface area contributed by atoms with E-state index in [9.17, 15) is 0 Å². The summed E-state index contributed by atoms with van der Waals surface area (Å²) >= 11 is 0. The molecule has 3 nitrogen and oxygen atoms in total. The van der Waals surface area contributed by atoms with Crippen LogP contribution in [-0.4, -0.2) is 9.97 Å². The van der Waals surface area contributed by atoms with Crippen LogP contribution in [0.3, 0.4) is 0 Å². The Balaban J connectivity index is 2.15. The third kappa shape index (κ3) is 1.42. The number of nitrogens with two attached hydrogens (primary N) is 1. The maximum Gasteiger partial charge on any atom is 0.137 e. The highest BCUT2D eigenvalue weighted by atomic mass is 14.8. The number of benzene rings is 1. The van der Waals surface area contributed by atoms with Crippen molar-refractivity contribution < 1.29 is 0 Å². The van der Waals surface area contributed by atoms with Gasteiger partial charge in [0.2, 0.25) is 0 Å². The molecule has 0 fully saturated rings. The smallest absolute Gasteiger partial charge is 0.137 e. The van der Waals surface area contributed by atoms with Crippen LogP contribution in [0.25, 0.3) is 22.3 Å². The zero-order valence-corrected chi connectivity index (χ0v) is 8.64. The van der Waals surface area contributed by atoms with E-state index >= 15 is 0 Å². The molecule has 0 amide bonds. The minimum Gasteiger partial charge on any atom is -0.399 e. The number of pyridine rings is 1. The third-order valence-electron chi connectivity index (χ3n) is 2.61. The summed E-state index contributed by atoms with van der Waals surface area (Å²) < 4.78 is 0. The zero-order chi connectivity index (χ0) is 11.0. The number of fused-ring (bicyclic) bond motifs is 1. The lowest BCUT2D eigenvalue weighted by Gasteiger charge is -1.97. The highest BCUT2D eigenvalue weighted by Gasteiger charge is 2.02. The summed E-state index contributed by atoms with van der Waals surface area (Å²) in [6.07, 6.45) is 1.78. The molecule has 1 aromatic carbocycles. The summed E-state index contributed by atoms with van der Waals surface area (Å²) in [6, 6.07) is 13.9. The quantitative estimate of drug-likeness (QED) is 0.605. The van der Waals surface area contributed by atoms with Gasteiger partial charge in [-0.3, -0.25) is 0 Å². The standard InChI is InChI=1S/C13H11N3/c14-11-5-3-9(4-6-11)12-8-10-2-1-7-15-13(10)16-12/h1-8H,14H2,(H,15,16). The highest BCUT2D eigenvalue weighted by Crippen LogP contribution is 2.23. The lowest BCUT2D eigenvalue weighted by molar-refractivity contribution is 1.32. The van der Waals surface area contributed by atoms with Gasteiger partial charge in [0, 0.05) is 23.0 Å². The first-order valence-corrected chi connectivity index (χ1v) is 5.12. The Bertz CT molecular complexity index is 590. The molecule has 0 aliphatic rings. The van der Waals surface area contributed by atoms with Crippen molar-refractivity contribution in [3.05, 3.63) is 48.7 Å². The number of hydrogen-bond acceptors (Lipinski definition) is 2. The average molecular weight is 209 g/mol. The predicted molar refractivity (Wildman–Crippen MR) is 65.9 cm³/mol. The second kappa shape index (κ2) is 3.38. The number of nitrogen functional groups attached to an aromatic ring is 1. The van der Waals surface area contributed by atoms with Gasteiger partial charge in [0.1, 0.15) is 5.65 Å². The van der Waals surface area contributed by atoms with Gasteiger partial charge in [0.15, 0.2) is 0 Å². The number of nitrogens with zero attached hydrogens (tertiary/aromatic N) is 1. The maximum atomic E-state index is 5.66. The van der Waals surface area contributed by atoms with E-state index in [1.807, 2.05) is 36.4 Å². The van der Waals surface area contributed by atoms with Crippen LogP contribution in [0.4, 0.5) is 5.69 Å². The second-order valence-electron chi connectivity index (χ2n) is 3.75. The molecule has 3 aromatic rings. The van der Waals surface area contributed by atoms with Crippen LogP contribution in [0.5, 0.6) is 0 Å². The van der Waals surface area contributed by atoms with Gasteiger partial charge in [-0.1, -0.05) is 12.1 Å². The molecule has 0 atom stereocenters. The predicted octanol–water partition coefficient (Wildman–Crippen LogP) is 2.81. The van der Waals surface area contributed by atoms with Gasteiger partial charge in [0.05, 0.1) is 0 Å².